The number of nitrogens with zero attached hydrogens (tertiary/aromatic N) is 1. The lowest BCUT2D eigenvalue weighted by Gasteiger charge is -2.05. The van der Waals surface area contributed by atoms with Crippen molar-refractivity contribution in [2.24, 2.45) is 0 Å². The van der Waals surface area contributed by atoms with E-state index in [1.807, 2.05) is 0 Å². The molecule has 2 N–H and O–H groups in total. The lowest BCUT2D eigenvalue weighted by atomic mass is 10.2. The monoisotopic (exact) mass is 273 g/mol. The molecule has 0 saturated carbocycles. The van der Waals surface area contributed by atoms with Crippen LogP contribution in [-0.2, 0) is 4.74 Å². The van der Waals surface area contributed by atoms with Crippen LogP contribution in [0.3, 0.4) is 0 Å². The van der Waals surface area contributed by atoms with Gasteiger partial charge in [-0.05, 0) is 32.0 Å². The average molecular weight is 273 g/mol. The van der Waals surface area contributed by atoms with Crippen molar-refractivity contribution in [3.05, 3.63) is 47.0 Å². The first-order chi connectivity index (χ1) is 9.51. The van der Waals surface area contributed by atoms with Crippen LogP contribution in [0.4, 0.5) is 5.69 Å². The summed E-state index contributed by atoms with van der Waals surface area (Å²) >= 11 is 0. The van der Waals surface area contributed by atoms with E-state index in [1.165, 1.54) is 7.11 Å². The van der Waals surface area contributed by atoms with Crippen LogP contribution < -0.4 is 5.32 Å². The number of hydrogen-bond donors (Lipinski definition) is 2. The molecule has 0 bridgehead atoms. The molecule has 0 unspecified atom stereocenters. The zero-order valence-electron chi connectivity index (χ0n) is 11.5. The number of carbonyl (C=O) groups is 2. The van der Waals surface area contributed by atoms with E-state index >= 15 is 0 Å². The Morgan fingerprint density at radius 2 is 2.05 bits per heavy atom. The highest BCUT2D eigenvalue weighted by atomic mass is 16.5. The molecule has 0 fully saturated rings. The fraction of sp³-hybridized carbons (Fsp3) is 0.214. The highest BCUT2D eigenvalue weighted by molar-refractivity contribution is 6.07. The van der Waals surface area contributed by atoms with E-state index in [9.17, 15) is 9.59 Å². The van der Waals surface area contributed by atoms with Gasteiger partial charge in [-0.3, -0.25) is 9.78 Å². The van der Waals surface area contributed by atoms with Crippen LogP contribution >= 0.6 is 0 Å². The second kappa shape index (κ2) is 5.56. The van der Waals surface area contributed by atoms with E-state index in [0.717, 1.165) is 11.4 Å². The fourth-order valence-corrected chi connectivity index (χ4v) is 1.83. The molecule has 0 aliphatic heterocycles. The van der Waals surface area contributed by atoms with Crippen LogP contribution in [-0.4, -0.2) is 29.0 Å². The normalized spacial score (nSPS) is 10.2. The molecular weight excluding hydrogens is 258 g/mol. The molecule has 0 aromatic carbocycles. The highest BCUT2D eigenvalue weighted by Gasteiger charge is 2.17. The molecule has 6 heteroatoms. The standard InChI is InChI=1S/C14H15N3O3/c1-8-6-10(4-5-15-8)13(18)17-11-7-9(2)16-12(11)14(19)20-3/h4-7,16H,1-3H3,(H,17,18). The number of carbonyl (C=O) groups excluding carboxylic acids is 2. The van der Waals surface area contributed by atoms with Crippen LogP contribution in [0.1, 0.15) is 32.2 Å². The highest BCUT2D eigenvalue weighted by Crippen LogP contribution is 2.18. The van der Waals surface area contributed by atoms with Gasteiger partial charge in [0.1, 0.15) is 5.69 Å². The van der Waals surface area contributed by atoms with Crippen LogP contribution in [0.2, 0.25) is 0 Å². The molecule has 2 aromatic rings. The van der Waals surface area contributed by atoms with Crippen LogP contribution in [0.15, 0.2) is 24.4 Å². The Labute approximate surface area is 116 Å². The number of ether oxygens (including phenoxy) is 1. The fourth-order valence-electron chi connectivity index (χ4n) is 1.83. The zero-order valence-corrected chi connectivity index (χ0v) is 11.5. The maximum atomic E-state index is 12.1. The average Bonchev–Trinajstić information content (AvgIpc) is 2.78. The van der Waals surface area contributed by atoms with E-state index in [-0.39, 0.29) is 11.6 Å². The Hall–Kier alpha value is -2.63. The molecular formula is C14H15N3O3. The number of methoxy groups -OCH3 is 1. The first-order valence-electron chi connectivity index (χ1n) is 6.03. The van der Waals surface area contributed by atoms with Crippen molar-refractivity contribution < 1.29 is 14.3 Å². The van der Waals surface area contributed by atoms with Crippen molar-refractivity contribution in [2.45, 2.75) is 13.8 Å². The predicted molar refractivity (Wildman–Crippen MR) is 73.8 cm³/mol. The zero-order chi connectivity index (χ0) is 14.7. The summed E-state index contributed by atoms with van der Waals surface area (Å²) in [5, 5.41) is 2.69. The molecule has 0 aliphatic rings. The number of amides is 1. The number of aryl methyl sites for hydroxylation is 2. The number of hydrogen-bond acceptors (Lipinski definition) is 4. The first-order valence-corrected chi connectivity index (χ1v) is 6.03. The third-order valence-corrected chi connectivity index (χ3v) is 2.75. The molecule has 20 heavy (non-hydrogen) atoms. The molecule has 104 valence electrons. The van der Waals surface area contributed by atoms with E-state index < -0.39 is 5.97 Å². The summed E-state index contributed by atoms with van der Waals surface area (Å²) in [5.74, 6) is -0.834. The molecule has 6 nitrogen and oxygen atoms in total. The van der Waals surface area contributed by atoms with Crippen molar-refractivity contribution >= 4 is 17.6 Å². The summed E-state index contributed by atoms with van der Waals surface area (Å²) < 4.78 is 4.67. The number of H-pyrrole nitrogens is 1. The number of rotatable bonds is 3. The van der Waals surface area contributed by atoms with Gasteiger partial charge in [0.2, 0.25) is 0 Å². The molecule has 0 saturated heterocycles. The van der Waals surface area contributed by atoms with Gasteiger partial charge >= 0.3 is 5.97 Å². The number of esters is 1. The SMILES string of the molecule is COC(=O)c1[nH]c(C)cc1NC(=O)c1ccnc(C)c1. The van der Waals surface area contributed by atoms with Gasteiger partial charge in [-0.15, -0.1) is 0 Å². The van der Waals surface area contributed by atoms with E-state index in [4.69, 9.17) is 0 Å². The summed E-state index contributed by atoms with van der Waals surface area (Å²) in [6.07, 6.45) is 1.56. The molecule has 2 aromatic heterocycles. The van der Waals surface area contributed by atoms with Gasteiger partial charge in [-0.2, -0.15) is 0 Å². The minimum atomic E-state index is -0.528. The Balaban J connectivity index is 2.26. The minimum absolute atomic E-state index is 0.226. The molecule has 0 atom stereocenters. The third kappa shape index (κ3) is 2.85. The van der Waals surface area contributed by atoms with Gasteiger partial charge in [-0.1, -0.05) is 0 Å². The second-order valence-electron chi connectivity index (χ2n) is 4.37. The van der Waals surface area contributed by atoms with Gasteiger partial charge in [-0.25, -0.2) is 4.79 Å². The Bertz CT molecular complexity index is 661. The number of nitrogens with one attached hydrogen (secondary N) is 2. The largest absolute Gasteiger partial charge is 0.464 e. The molecule has 0 spiro atoms. The summed E-state index contributed by atoms with van der Waals surface area (Å²) in [7, 11) is 1.29. The van der Waals surface area contributed by atoms with Crippen LogP contribution in [0.25, 0.3) is 0 Å². The molecule has 0 aliphatic carbocycles. The Morgan fingerprint density at radius 3 is 2.70 bits per heavy atom. The van der Waals surface area contributed by atoms with Crippen LogP contribution in [0.5, 0.6) is 0 Å². The summed E-state index contributed by atoms with van der Waals surface area (Å²) in [6.45, 7) is 3.59. The van der Waals surface area contributed by atoms with Gasteiger partial charge in [0, 0.05) is 23.1 Å². The Kier molecular flexibility index (Phi) is 3.84. The quantitative estimate of drug-likeness (QED) is 0.838. The first kappa shape index (κ1) is 13.8. The van der Waals surface area contributed by atoms with Crippen molar-refractivity contribution in [3.63, 3.8) is 0 Å². The van der Waals surface area contributed by atoms with Crippen molar-refractivity contribution in [1.82, 2.24) is 9.97 Å². The maximum absolute atomic E-state index is 12.1. The maximum Gasteiger partial charge on any atom is 0.356 e. The number of anilines is 1. The lowest BCUT2D eigenvalue weighted by Crippen LogP contribution is -2.15. The van der Waals surface area contributed by atoms with Crippen molar-refractivity contribution in [3.8, 4) is 0 Å². The summed E-state index contributed by atoms with van der Waals surface area (Å²) in [6, 6.07) is 4.96. The van der Waals surface area contributed by atoms with E-state index in [2.05, 4.69) is 20.0 Å². The minimum Gasteiger partial charge on any atom is -0.464 e. The smallest absolute Gasteiger partial charge is 0.356 e. The van der Waals surface area contributed by atoms with E-state index in [0.29, 0.717) is 11.3 Å². The number of aromatic nitrogens is 2. The van der Waals surface area contributed by atoms with Crippen molar-refractivity contribution in [2.75, 3.05) is 12.4 Å². The van der Waals surface area contributed by atoms with Gasteiger partial charge in [0.25, 0.3) is 5.91 Å². The summed E-state index contributed by atoms with van der Waals surface area (Å²) in [5.41, 5.74) is 2.60. The molecule has 2 rings (SSSR count). The van der Waals surface area contributed by atoms with Gasteiger partial charge < -0.3 is 15.0 Å². The summed E-state index contributed by atoms with van der Waals surface area (Å²) in [4.78, 5) is 30.6. The second-order valence-corrected chi connectivity index (χ2v) is 4.37. The molecule has 1 amide bonds. The predicted octanol–water partition coefficient (Wildman–Crippen LogP) is 2.07. The topological polar surface area (TPSA) is 84.1 Å². The number of pyridine rings is 1. The Morgan fingerprint density at radius 1 is 1.30 bits per heavy atom. The van der Waals surface area contributed by atoms with E-state index in [1.54, 1.807) is 38.2 Å². The lowest BCUT2D eigenvalue weighted by molar-refractivity contribution is 0.0596. The molecule has 0 radical (unpaired) electrons. The van der Waals surface area contributed by atoms with Gasteiger partial charge in [0.15, 0.2) is 0 Å². The third-order valence-electron chi connectivity index (χ3n) is 2.75. The molecule has 2 heterocycles. The van der Waals surface area contributed by atoms with Crippen LogP contribution in [0, 0.1) is 13.8 Å². The van der Waals surface area contributed by atoms with Crippen molar-refractivity contribution in [1.29, 1.82) is 0 Å². The number of aromatic amines is 1. The van der Waals surface area contributed by atoms with Gasteiger partial charge in [0.05, 0.1) is 12.8 Å².